The van der Waals surface area contributed by atoms with E-state index in [1.807, 2.05) is 49.4 Å². The number of hydrogen-bond donors (Lipinski definition) is 0. The van der Waals surface area contributed by atoms with Crippen LogP contribution >= 0.6 is 0 Å². The van der Waals surface area contributed by atoms with E-state index in [4.69, 9.17) is 4.74 Å². The average Bonchev–Trinajstić information content (AvgIpc) is 2.82. The Hall–Kier alpha value is -3.58. The largest absolute Gasteiger partial charge is 0.465 e. The number of aryl methyl sites for hydroxylation is 1. The quantitative estimate of drug-likeness (QED) is 0.438. The number of ether oxygens (including phenoxy) is 1. The predicted octanol–water partition coefficient (Wildman–Crippen LogP) is 6.13. The third kappa shape index (κ3) is 4.78. The van der Waals surface area contributed by atoms with Crippen LogP contribution in [0, 0.1) is 18.3 Å². The number of methoxy groups -OCH3 is 1. The van der Waals surface area contributed by atoms with Gasteiger partial charge in [-0.1, -0.05) is 61.5 Å². The highest BCUT2D eigenvalue weighted by Gasteiger charge is 2.22. The van der Waals surface area contributed by atoms with Crippen LogP contribution in [0.15, 0.2) is 66.7 Å². The lowest BCUT2D eigenvalue weighted by Gasteiger charge is -2.33. The number of anilines is 1. The van der Waals surface area contributed by atoms with E-state index in [-0.39, 0.29) is 12.0 Å². The van der Waals surface area contributed by atoms with Crippen molar-refractivity contribution in [1.29, 1.82) is 5.26 Å². The van der Waals surface area contributed by atoms with E-state index in [2.05, 4.69) is 49.1 Å². The van der Waals surface area contributed by atoms with Crippen LogP contribution in [0.5, 0.6) is 0 Å². The van der Waals surface area contributed by atoms with Gasteiger partial charge in [-0.25, -0.2) is 4.79 Å². The zero-order valence-electron chi connectivity index (χ0n) is 18.6. The van der Waals surface area contributed by atoms with Crippen molar-refractivity contribution in [2.45, 2.75) is 39.8 Å². The lowest BCUT2D eigenvalue weighted by molar-refractivity contribution is 0.0601. The number of rotatable bonds is 7. The standard InChI is InChI=1S/C27H28N2O2/c1-5-20(3)29(26-19(2)9-8-12-25(26)27(30)31-4)18-21-13-15-22(16-14-21)24-11-7-6-10-23(24)17-28/h6-16,20H,5,18H2,1-4H3. The molecule has 0 radical (unpaired) electrons. The maximum absolute atomic E-state index is 12.4. The van der Waals surface area contributed by atoms with Gasteiger partial charge in [0.1, 0.15) is 0 Å². The van der Waals surface area contributed by atoms with Gasteiger partial charge in [0.05, 0.1) is 30.0 Å². The summed E-state index contributed by atoms with van der Waals surface area (Å²) >= 11 is 0. The van der Waals surface area contributed by atoms with Crippen molar-refractivity contribution < 1.29 is 9.53 Å². The first kappa shape index (κ1) is 22.1. The van der Waals surface area contributed by atoms with Crippen molar-refractivity contribution in [1.82, 2.24) is 0 Å². The molecule has 0 amide bonds. The number of benzene rings is 3. The maximum atomic E-state index is 12.4. The van der Waals surface area contributed by atoms with Gasteiger partial charge in [0.25, 0.3) is 0 Å². The zero-order chi connectivity index (χ0) is 22.4. The van der Waals surface area contributed by atoms with Gasteiger partial charge < -0.3 is 9.64 Å². The van der Waals surface area contributed by atoms with Gasteiger partial charge in [-0.3, -0.25) is 0 Å². The van der Waals surface area contributed by atoms with E-state index in [0.717, 1.165) is 34.4 Å². The number of carbonyl (C=O) groups excluding carboxylic acids is 1. The summed E-state index contributed by atoms with van der Waals surface area (Å²) in [6, 6.07) is 24.2. The third-order valence-electron chi connectivity index (χ3n) is 5.72. The van der Waals surface area contributed by atoms with Crippen LogP contribution < -0.4 is 4.90 Å². The maximum Gasteiger partial charge on any atom is 0.339 e. The number of hydrogen-bond acceptors (Lipinski definition) is 4. The summed E-state index contributed by atoms with van der Waals surface area (Å²) in [7, 11) is 1.42. The second-order valence-corrected chi connectivity index (χ2v) is 7.70. The minimum Gasteiger partial charge on any atom is -0.465 e. The van der Waals surface area contributed by atoms with E-state index < -0.39 is 0 Å². The van der Waals surface area contributed by atoms with Gasteiger partial charge in [0, 0.05) is 12.6 Å². The summed E-state index contributed by atoms with van der Waals surface area (Å²) in [6.07, 6.45) is 0.947. The molecule has 0 saturated heterocycles. The average molecular weight is 413 g/mol. The van der Waals surface area contributed by atoms with Crippen LogP contribution in [0.4, 0.5) is 5.69 Å². The topological polar surface area (TPSA) is 53.3 Å². The highest BCUT2D eigenvalue weighted by Crippen LogP contribution is 2.31. The number of nitriles is 1. The van der Waals surface area contributed by atoms with Crippen LogP contribution in [-0.2, 0) is 11.3 Å². The Morgan fingerprint density at radius 3 is 2.42 bits per heavy atom. The molecule has 0 aliphatic heterocycles. The molecule has 3 rings (SSSR count). The summed E-state index contributed by atoms with van der Waals surface area (Å²) in [5, 5.41) is 9.39. The number of carbonyl (C=O) groups is 1. The third-order valence-corrected chi connectivity index (χ3v) is 5.72. The van der Waals surface area contributed by atoms with Crippen molar-refractivity contribution in [2.24, 2.45) is 0 Å². The molecule has 158 valence electrons. The van der Waals surface area contributed by atoms with Crippen LogP contribution in [0.2, 0.25) is 0 Å². The Morgan fingerprint density at radius 2 is 1.77 bits per heavy atom. The summed E-state index contributed by atoms with van der Waals surface area (Å²) < 4.78 is 5.04. The Kier molecular flexibility index (Phi) is 7.10. The molecule has 0 bridgehead atoms. The predicted molar refractivity (Wildman–Crippen MR) is 125 cm³/mol. The Bertz CT molecular complexity index is 1100. The molecular formula is C27H28N2O2. The van der Waals surface area contributed by atoms with E-state index in [1.165, 1.54) is 7.11 Å². The van der Waals surface area contributed by atoms with Crippen molar-refractivity contribution in [3.63, 3.8) is 0 Å². The molecule has 0 heterocycles. The lowest BCUT2D eigenvalue weighted by atomic mass is 9.98. The minimum absolute atomic E-state index is 0.239. The molecule has 1 unspecified atom stereocenters. The first-order valence-electron chi connectivity index (χ1n) is 10.5. The molecule has 0 fully saturated rings. The molecule has 0 aromatic heterocycles. The van der Waals surface area contributed by atoms with Gasteiger partial charge in [0.2, 0.25) is 0 Å². The molecule has 0 aliphatic rings. The van der Waals surface area contributed by atoms with Gasteiger partial charge in [-0.05, 0) is 54.7 Å². The van der Waals surface area contributed by atoms with E-state index in [0.29, 0.717) is 17.7 Å². The smallest absolute Gasteiger partial charge is 0.339 e. The van der Waals surface area contributed by atoms with Crippen molar-refractivity contribution in [3.05, 3.63) is 89.0 Å². The molecular weight excluding hydrogens is 384 g/mol. The molecule has 1 atom stereocenters. The van der Waals surface area contributed by atoms with Crippen LogP contribution in [0.25, 0.3) is 11.1 Å². The number of nitrogens with zero attached hydrogens (tertiary/aromatic N) is 2. The highest BCUT2D eigenvalue weighted by molar-refractivity contribution is 5.96. The first-order valence-corrected chi connectivity index (χ1v) is 10.5. The van der Waals surface area contributed by atoms with Crippen LogP contribution in [0.1, 0.15) is 47.3 Å². The Balaban J connectivity index is 1.97. The molecule has 3 aromatic carbocycles. The Labute approximate surface area is 184 Å². The fourth-order valence-corrected chi connectivity index (χ4v) is 3.81. The fourth-order valence-electron chi connectivity index (χ4n) is 3.81. The second kappa shape index (κ2) is 9.95. The van der Waals surface area contributed by atoms with Gasteiger partial charge in [-0.15, -0.1) is 0 Å². The Morgan fingerprint density at radius 1 is 1.06 bits per heavy atom. The van der Waals surface area contributed by atoms with E-state index in [9.17, 15) is 10.1 Å². The lowest BCUT2D eigenvalue weighted by Crippen LogP contribution is -2.34. The number of para-hydroxylation sites is 1. The molecule has 4 nitrogen and oxygen atoms in total. The summed E-state index contributed by atoms with van der Waals surface area (Å²) in [6.45, 7) is 7.02. The van der Waals surface area contributed by atoms with E-state index in [1.54, 1.807) is 0 Å². The van der Waals surface area contributed by atoms with Crippen molar-refractivity contribution in [2.75, 3.05) is 12.0 Å². The molecule has 3 aromatic rings. The van der Waals surface area contributed by atoms with Gasteiger partial charge in [0.15, 0.2) is 0 Å². The normalized spacial score (nSPS) is 11.5. The highest BCUT2D eigenvalue weighted by atomic mass is 16.5. The molecule has 0 N–H and O–H groups in total. The van der Waals surface area contributed by atoms with Gasteiger partial charge >= 0.3 is 5.97 Å². The SMILES string of the molecule is CCC(C)N(Cc1ccc(-c2ccccc2C#N)cc1)c1c(C)cccc1C(=O)OC. The monoisotopic (exact) mass is 412 g/mol. The summed E-state index contributed by atoms with van der Waals surface area (Å²) in [5.74, 6) is -0.324. The number of esters is 1. The van der Waals surface area contributed by atoms with Crippen LogP contribution in [-0.4, -0.2) is 19.1 Å². The molecule has 4 heteroatoms. The molecule has 0 aliphatic carbocycles. The molecule has 0 spiro atoms. The van der Waals surface area contributed by atoms with Gasteiger partial charge in [-0.2, -0.15) is 5.26 Å². The first-order chi connectivity index (χ1) is 15.0. The minimum atomic E-state index is -0.324. The summed E-state index contributed by atoms with van der Waals surface area (Å²) in [5.41, 5.74) is 6.30. The zero-order valence-corrected chi connectivity index (χ0v) is 18.6. The molecule has 31 heavy (non-hydrogen) atoms. The van der Waals surface area contributed by atoms with Crippen molar-refractivity contribution >= 4 is 11.7 Å². The second-order valence-electron chi connectivity index (χ2n) is 7.70. The van der Waals surface area contributed by atoms with Crippen molar-refractivity contribution in [3.8, 4) is 17.2 Å². The summed E-state index contributed by atoms with van der Waals surface area (Å²) in [4.78, 5) is 14.7. The fraction of sp³-hybridized carbons (Fsp3) is 0.259. The van der Waals surface area contributed by atoms with Crippen LogP contribution in [0.3, 0.4) is 0 Å². The molecule has 0 saturated carbocycles. The van der Waals surface area contributed by atoms with E-state index >= 15 is 0 Å².